The summed E-state index contributed by atoms with van der Waals surface area (Å²) < 4.78 is 5.03. The summed E-state index contributed by atoms with van der Waals surface area (Å²) in [5.41, 5.74) is 0.664. The monoisotopic (exact) mass is 347 g/mol. The summed E-state index contributed by atoms with van der Waals surface area (Å²) in [5, 5.41) is 25.3. The minimum absolute atomic E-state index is 0.0767. The quantitative estimate of drug-likeness (QED) is 0.413. The Labute approximate surface area is 142 Å². The molecule has 0 radical (unpaired) electrons. The fourth-order valence-electron chi connectivity index (χ4n) is 2.11. The summed E-state index contributed by atoms with van der Waals surface area (Å²) in [4.78, 5) is 33.7. The molecule has 0 aliphatic rings. The number of amides is 2. The molecular weight excluding hydrogens is 330 g/mol. The molecule has 1 aromatic heterocycles. The molecule has 2 amide bonds. The van der Waals surface area contributed by atoms with Crippen molar-refractivity contribution in [1.29, 1.82) is 0 Å². The maximum atomic E-state index is 11.8. The van der Waals surface area contributed by atoms with E-state index in [0.717, 1.165) is 0 Å². The molecule has 1 unspecified atom stereocenters. The molecule has 9 nitrogen and oxygen atoms in total. The molecule has 25 heavy (non-hydrogen) atoms. The van der Waals surface area contributed by atoms with Crippen molar-refractivity contribution < 1.29 is 24.0 Å². The van der Waals surface area contributed by atoms with Crippen LogP contribution < -0.4 is 10.6 Å². The van der Waals surface area contributed by atoms with E-state index in [1.54, 1.807) is 19.1 Å². The number of nitrogens with zero attached hydrogens (tertiary/aromatic N) is 1. The lowest BCUT2D eigenvalue weighted by molar-refractivity contribution is -0.384. The molecule has 132 valence electrons. The number of aryl methyl sites for hydroxylation is 1. The van der Waals surface area contributed by atoms with Crippen molar-refractivity contribution in [3.05, 3.63) is 58.0 Å². The molecule has 0 fully saturated rings. The molecule has 9 heteroatoms. The molecule has 0 aliphatic heterocycles. The van der Waals surface area contributed by atoms with Gasteiger partial charge in [-0.3, -0.25) is 19.7 Å². The van der Waals surface area contributed by atoms with Crippen molar-refractivity contribution in [3.8, 4) is 0 Å². The van der Waals surface area contributed by atoms with Crippen LogP contribution in [0.25, 0.3) is 0 Å². The average Bonchev–Trinajstić information content (AvgIpc) is 3.10. The number of aliphatic hydroxyl groups is 1. The Morgan fingerprint density at radius 3 is 2.68 bits per heavy atom. The second-order valence-electron chi connectivity index (χ2n) is 5.29. The van der Waals surface area contributed by atoms with Gasteiger partial charge in [0.2, 0.25) is 0 Å². The fraction of sp³-hybridized carbons (Fsp3) is 0.250. The number of benzene rings is 1. The van der Waals surface area contributed by atoms with Gasteiger partial charge in [-0.25, -0.2) is 0 Å². The third-order valence-corrected chi connectivity index (χ3v) is 3.45. The largest absolute Gasteiger partial charge is 0.467 e. The maximum Gasteiger partial charge on any atom is 0.313 e. The molecule has 0 aliphatic carbocycles. The van der Waals surface area contributed by atoms with Crippen molar-refractivity contribution in [2.24, 2.45) is 0 Å². The Hall–Kier alpha value is -3.20. The second kappa shape index (κ2) is 8.06. The van der Waals surface area contributed by atoms with Crippen molar-refractivity contribution in [3.63, 3.8) is 0 Å². The number of anilines is 1. The molecule has 0 bridgehead atoms. The first-order valence-electron chi connectivity index (χ1n) is 7.44. The molecule has 2 rings (SSSR count). The van der Waals surface area contributed by atoms with Crippen LogP contribution in [0.1, 0.15) is 23.8 Å². The predicted octanol–water partition coefficient (Wildman–Crippen LogP) is 1.67. The Balaban J connectivity index is 1.84. The highest BCUT2D eigenvalue weighted by atomic mass is 16.6. The van der Waals surface area contributed by atoms with Crippen LogP contribution in [0.15, 0.2) is 41.0 Å². The molecule has 1 heterocycles. The van der Waals surface area contributed by atoms with E-state index < -0.39 is 22.8 Å². The van der Waals surface area contributed by atoms with Crippen LogP contribution >= 0.6 is 0 Å². The van der Waals surface area contributed by atoms with E-state index in [-0.39, 0.29) is 18.7 Å². The van der Waals surface area contributed by atoms with Crippen LogP contribution in [-0.2, 0) is 9.59 Å². The van der Waals surface area contributed by atoms with Gasteiger partial charge < -0.3 is 20.2 Å². The van der Waals surface area contributed by atoms with E-state index in [2.05, 4.69) is 10.6 Å². The van der Waals surface area contributed by atoms with E-state index in [0.29, 0.717) is 17.0 Å². The zero-order valence-electron chi connectivity index (χ0n) is 13.4. The minimum atomic E-state index is -0.899. The first-order valence-corrected chi connectivity index (χ1v) is 7.44. The lowest BCUT2D eigenvalue weighted by Gasteiger charge is -2.10. The number of nitro groups is 1. The number of carbonyl (C=O) groups excluding carboxylic acids is 2. The number of rotatable bonds is 6. The fourth-order valence-corrected chi connectivity index (χ4v) is 2.11. The molecule has 0 saturated carbocycles. The summed E-state index contributed by atoms with van der Waals surface area (Å²) in [6, 6.07) is 7.14. The van der Waals surface area contributed by atoms with Gasteiger partial charge in [0.1, 0.15) is 11.9 Å². The Kier molecular flexibility index (Phi) is 5.85. The number of aliphatic hydroxyl groups excluding tert-OH is 1. The van der Waals surface area contributed by atoms with Gasteiger partial charge in [-0.2, -0.15) is 0 Å². The third kappa shape index (κ3) is 4.88. The molecule has 0 spiro atoms. The molecule has 3 N–H and O–H groups in total. The molecule has 1 atom stereocenters. The lowest BCUT2D eigenvalue weighted by Crippen LogP contribution is -2.36. The van der Waals surface area contributed by atoms with E-state index in [4.69, 9.17) is 4.42 Å². The van der Waals surface area contributed by atoms with E-state index >= 15 is 0 Å². The van der Waals surface area contributed by atoms with E-state index in [9.17, 15) is 24.8 Å². The van der Waals surface area contributed by atoms with Crippen molar-refractivity contribution in [2.75, 3.05) is 11.9 Å². The Bertz CT molecular complexity index is 772. The van der Waals surface area contributed by atoms with Gasteiger partial charge in [0, 0.05) is 24.4 Å². The SMILES string of the molecule is Cc1cc([N+](=O)[O-])ccc1NC(=O)C(=O)NCCC(O)c1ccco1. The predicted molar refractivity (Wildman–Crippen MR) is 87.8 cm³/mol. The van der Waals surface area contributed by atoms with Crippen molar-refractivity contribution in [2.45, 2.75) is 19.4 Å². The number of non-ortho nitro benzene ring substituents is 1. The Morgan fingerprint density at radius 2 is 2.08 bits per heavy atom. The number of nitrogens with one attached hydrogen (secondary N) is 2. The molecular formula is C16H17N3O6. The number of hydrogen-bond donors (Lipinski definition) is 3. The first-order chi connectivity index (χ1) is 11.9. The van der Waals surface area contributed by atoms with Crippen LogP contribution in [0.3, 0.4) is 0 Å². The first kappa shape index (κ1) is 18.1. The molecule has 0 saturated heterocycles. The van der Waals surface area contributed by atoms with Crippen LogP contribution in [-0.4, -0.2) is 28.4 Å². The maximum absolute atomic E-state index is 11.8. The highest BCUT2D eigenvalue weighted by Crippen LogP contribution is 2.21. The van der Waals surface area contributed by atoms with Crippen LogP contribution in [0, 0.1) is 17.0 Å². The highest BCUT2D eigenvalue weighted by molar-refractivity contribution is 6.39. The van der Waals surface area contributed by atoms with Gasteiger partial charge in [0.05, 0.1) is 11.2 Å². The summed E-state index contributed by atoms with van der Waals surface area (Å²) in [5.74, 6) is -1.39. The summed E-state index contributed by atoms with van der Waals surface area (Å²) >= 11 is 0. The lowest BCUT2D eigenvalue weighted by atomic mass is 10.2. The Morgan fingerprint density at radius 1 is 1.32 bits per heavy atom. The third-order valence-electron chi connectivity index (χ3n) is 3.45. The van der Waals surface area contributed by atoms with Gasteiger partial charge in [-0.05, 0) is 37.1 Å². The standard InChI is InChI=1S/C16H17N3O6/c1-10-9-11(19(23)24)4-5-12(10)18-16(22)15(21)17-7-6-13(20)14-3-2-8-25-14/h2-5,8-9,13,20H,6-7H2,1H3,(H,17,21)(H,18,22). The number of carbonyl (C=O) groups is 2. The number of furan rings is 1. The van der Waals surface area contributed by atoms with Crippen LogP contribution in [0.5, 0.6) is 0 Å². The number of nitro benzene ring substituents is 1. The summed E-state index contributed by atoms with van der Waals surface area (Å²) in [6.45, 7) is 1.66. The second-order valence-corrected chi connectivity index (χ2v) is 5.29. The summed E-state index contributed by atoms with van der Waals surface area (Å²) in [6.07, 6.45) is 0.732. The van der Waals surface area contributed by atoms with Gasteiger partial charge in [0.25, 0.3) is 5.69 Å². The zero-order chi connectivity index (χ0) is 18.4. The average molecular weight is 347 g/mol. The van der Waals surface area contributed by atoms with Crippen molar-refractivity contribution >= 4 is 23.2 Å². The van der Waals surface area contributed by atoms with Gasteiger partial charge in [-0.1, -0.05) is 0 Å². The molecule has 2 aromatic rings. The van der Waals surface area contributed by atoms with Crippen LogP contribution in [0.4, 0.5) is 11.4 Å². The summed E-state index contributed by atoms with van der Waals surface area (Å²) in [7, 11) is 0. The highest BCUT2D eigenvalue weighted by Gasteiger charge is 2.17. The number of hydrogen-bond acceptors (Lipinski definition) is 6. The smallest absolute Gasteiger partial charge is 0.313 e. The molecule has 1 aromatic carbocycles. The van der Waals surface area contributed by atoms with E-state index in [1.807, 2.05) is 0 Å². The normalized spacial score (nSPS) is 11.6. The minimum Gasteiger partial charge on any atom is -0.467 e. The van der Waals surface area contributed by atoms with E-state index in [1.165, 1.54) is 24.5 Å². The topological polar surface area (TPSA) is 135 Å². The zero-order valence-corrected chi connectivity index (χ0v) is 13.4. The van der Waals surface area contributed by atoms with Gasteiger partial charge in [0.15, 0.2) is 0 Å². The van der Waals surface area contributed by atoms with Crippen LogP contribution in [0.2, 0.25) is 0 Å². The van der Waals surface area contributed by atoms with Crippen molar-refractivity contribution in [1.82, 2.24) is 5.32 Å². The van der Waals surface area contributed by atoms with Gasteiger partial charge in [-0.15, -0.1) is 0 Å². The van der Waals surface area contributed by atoms with Gasteiger partial charge >= 0.3 is 11.8 Å².